The fraction of sp³-hybridized carbons (Fsp3) is 0.583. The molecule has 0 saturated carbocycles. The number of likely N-dealkylation sites (N-methyl/N-ethyl adjacent to an activating group) is 1. The van der Waals surface area contributed by atoms with E-state index >= 15 is 0 Å². The molecule has 16 heavy (non-hydrogen) atoms. The molecule has 0 spiro atoms. The highest BCUT2D eigenvalue weighted by Crippen LogP contribution is 1.83. The minimum absolute atomic E-state index is 0. The van der Waals surface area contributed by atoms with Gasteiger partial charge in [-0.3, -0.25) is 4.79 Å². The van der Waals surface area contributed by atoms with Gasteiger partial charge in [-0.2, -0.15) is 0 Å². The van der Waals surface area contributed by atoms with E-state index in [1.807, 2.05) is 0 Å². The third-order valence-corrected chi connectivity index (χ3v) is 1.62. The lowest BCUT2D eigenvalue weighted by atomic mass is 10.5. The molecule has 0 saturated heterocycles. The number of nitrogens with zero attached hydrogens (tertiary/aromatic N) is 2. The molecule has 0 aliphatic rings. The summed E-state index contributed by atoms with van der Waals surface area (Å²) in [5, 5.41) is 0. The van der Waals surface area contributed by atoms with E-state index in [1.165, 1.54) is 23.9 Å². The van der Waals surface area contributed by atoms with Crippen LogP contribution in [0.25, 0.3) is 0 Å². The molecule has 0 radical (unpaired) electrons. The normalized spacial score (nSPS) is 8.31. The van der Waals surface area contributed by atoms with Crippen LogP contribution in [-0.4, -0.2) is 49.9 Å². The summed E-state index contributed by atoms with van der Waals surface area (Å²) < 4.78 is 0. The standard InChI is InChI=1S/C7H11NO.C5H13N.HI/c1-4-6-8(3)7(9)5-2;1-4-5-6(2)3;/h4-5H,1-2,6H2,3H3;4-5H2,1-3H3;1H. The summed E-state index contributed by atoms with van der Waals surface area (Å²) in [7, 11) is 5.87. The Morgan fingerprint density at radius 1 is 1.25 bits per heavy atom. The van der Waals surface area contributed by atoms with Crippen molar-refractivity contribution in [3.63, 3.8) is 0 Å². The van der Waals surface area contributed by atoms with Crippen LogP contribution in [0.3, 0.4) is 0 Å². The Hall–Kier alpha value is -0.360. The molecule has 0 bridgehead atoms. The molecular weight excluding hydrogens is 315 g/mol. The average Bonchev–Trinajstić information content (AvgIpc) is 2.17. The zero-order valence-corrected chi connectivity index (χ0v) is 13.2. The number of halogens is 1. The molecular formula is C12H25IN2O. The highest BCUT2D eigenvalue weighted by Gasteiger charge is 1.98. The van der Waals surface area contributed by atoms with E-state index in [9.17, 15) is 4.79 Å². The topological polar surface area (TPSA) is 23.6 Å². The van der Waals surface area contributed by atoms with Gasteiger partial charge < -0.3 is 9.80 Å². The largest absolute Gasteiger partial charge is 0.339 e. The van der Waals surface area contributed by atoms with Gasteiger partial charge in [-0.05, 0) is 33.1 Å². The van der Waals surface area contributed by atoms with E-state index in [2.05, 4.69) is 39.1 Å². The fourth-order valence-corrected chi connectivity index (χ4v) is 0.887. The number of rotatable bonds is 5. The van der Waals surface area contributed by atoms with Crippen molar-refractivity contribution in [2.24, 2.45) is 0 Å². The third kappa shape index (κ3) is 16.1. The first-order chi connectivity index (χ1) is 6.99. The van der Waals surface area contributed by atoms with Crippen molar-refractivity contribution in [2.45, 2.75) is 13.3 Å². The molecule has 0 atom stereocenters. The van der Waals surface area contributed by atoms with Gasteiger partial charge in [0.05, 0.1) is 0 Å². The Balaban J connectivity index is -0.000000214. The molecule has 4 heteroatoms. The van der Waals surface area contributed by atoms with Crippen molar-refractivity contribution in [2.75, 3.05) is 34.2 Å². The number of amides is 1. The van der Waals surface area contributed by atoms with Gasteiger partial charge in [-0.25, -0.2) is 0 Å². The summed E-state index contributed by atoms with van der Waals surface area (Å²) in [6.45, 7) is 10.8. The smallest absolute Gasteiger partial charge is 0.245 e. The molecule has 0 aliphatic carbocycles. The molecule has 0 aromatic rings. The van der Waals surface area contributed by atoms with Gasteiger partial charge in [0.1, 0.15) is 0 Å². The van der Waals surface area contributed by atoms with Gasteiger partial charge in [-0.15, -0.1) is 30.6 Å². The van der Waals surface area contributed by atoms with Crippen molar-refractivity contribution in [1.29, 1.82) is 0 Å². The molecule has 96 valence electrons. The first kappa shape index (κ1) is 21.0. The summed E-state index contributed by atoms with van der Waals surface area (Å²) in [4.78, 5) is 14.4. The van der Waals surface area contributed by atoms with E-state index in [4.69, 9.17) is 0 Å². The molecule has 0 rings (SSSR count). The number of carbonyl (C=O) groups excluding carboxylic acids is 1. The SMILES string of the molecule is C=CCN(C)C(=O)C=C.CCCN(C)C.I. The lowest BCUT2D eigenvalue weighted by Gasteiger charge is -2.10. The molecule has 0 heterocycles. The van der Waals surface area contributed by atoms with E-state index in [0.717, 1.165) is 0 Å². The number of hydrogen-bond acceptors (Lipinski definition) is 2. The maximum atomic E-state index is 10.7. The second kappa shape index (κ2) is 14.6. The number of hydrogen-bond donors (Lipinski definition) is 0. The van der Waals surface area contributed by atoms with E-state index < -0.39 is 0 Å². The van der Waals surface area contributed by atoms with Gasteiger partial charge in [0.15, 0.2) is 0 Å². The molecule has 0 N–H and O–H groups in total. The van der Waals surface area contributed by atoms with Crippen LogP contribution in [0.2, 0.25) is 0 Å². The molecule has 0 fully saturated rings. The fourth-order valence-electron chi connectivity index (χ4n) is 0.887. The van der Waals surface area contributed by atoms with Gasteiger partial charge in [0.25, 0.3) is 0 Å². The van der Waals surface area contributed by atoms with Crippen molar-refractivity contribution >= 4 is 29.9 Å². The zero-order chi connectivity index (χ0) is 12.3. The molecule has 0 aromatic heterocycles. The lowest BCUT2D eigenvalue weighted by molar-refractivity contribution is -0.124. The van der Waals surface area contributed by atoms with Crippen LogP contribution in [0.5, 0.6) is 0 Å². The van der Waals surface area contributed by atoms with Crippen LogP contribution in [-0.2, 0) is 4.79 Å². The van der Waals surface area contributed by atoms with Gasteiger partial charge in [0.2, 0.25) is 5.91 Å². The maximum absolute atomic E-state index is 10.7. The van der Waals surface area contributed by atoms with Crippen LogP contribution in [0.1, 0.15) is 13.3 Å². The Morgan fingerprint density at radius 2 is 1.75 bits per heavy atom. The number of carbonyl (C=O) groups is 1. The molecule has 0 unspecified atom stereocenters. The molecule has 0 aromatic carbocycles. The summed E-state index contributed by atoms with van der Waals surface area (Å²) in [5.41, 5.74) is 0. The van der Waals surface area contributed by atoms with Gasteiger partial charge in [-0.1, -0.05) is 19.6 Å². The summed E-state index contributed by atoms with van der Waals surface area (Å²) in [6, 6.07) is 0. The van der Waals surface area contributed by atoms with Crippen LogP contribution >= 0.6 is 24.0 Å². The Kier molecular flexibility index (Phi) is 19.2. The summed E-state index contributed by atoms with van der Waals surface area (Å²) >= 11 is 0. The average molecular weight is 340 g/mol. The quantitative estimate of drug-likeness (QED) is 0.436. The van der Waals surface area contributed by atoms with Gasteiger partial charge >= 0.3 is 0 Å². The minimum Gasteiger partial charge on any atom is -0.339 e. The van der Waals surface area contributed by atoms with Crippen molar-refractivity contribution < 1.29 is 4.79 Å². The van der Waals surface area contributed by atoms with Crippen LogP contribution in [0, 0.1) is 0 Å². The second-order valence-corrected chi connectivity index (χ2v) is 3.51. The first-order valence-electron chi connectivity index (χ1n) is 5.12. The first-order valence-corrected chi connectivity index (χ1v) is 5.12. The zero-order valence-electron chi connectivity index (χ0n) is 10.9. The van der Waals surface area contributed by atoms with Crippen LogP contribution in [0.4, 0.5) is 0 Å². The van der Waals surface area contributed by atoms with E-state index in [1.54, 1.807) is 13.1 Å². The van der Waals surface area contributed by atoms with E-state index in [0.29, 0.717) is 6.54 Å². The third-order valence-electron chi connectivity index (χ3n) is 1.62. The summed E-state index contributed by atoms with van der Waals surface area (Å²) in [5.74, 6) is -0.0742. The lowest BCUT2D eigenvalue weighted by Crippen LogP contribution is -2.24. The van der Waals surface area contributed by atoms with Crippen molar-refractivity contribution in [3.05, 3.63) is 25.3 Å². The van der Waals surface area contributed by atoms with Crippen LogP contribution in [0.15, 0.2) is 25.3 Å². The van der Waals surface area contributed by atoms with Gasteiger partial charge in [0, 0.05) is 13.6 Å². The van der Waals surface area contributed by atoms with Crippen LogP contribution < -0.4 is 0 Å². The summed E-state index contributed by atoms with van der Waals surface area (Å²) in [6.07, 6.45) is 4.21. The van der Waals surface area contributed by atoms with E-state index in [-0.39, 0.29) is 29.9 Å². The monoisotopic (exact) mass is 340 g/mol. The Bertz CT molecular complexity index is 193. The Labute approximate surface area is 117 Å². The second-order valence-electron chi connectivity index (χ2n) is 3.51. The minimum atomic E-state index is -0.0742. The maximum Gasteiger partial charge on any atom is 0.245 e. The molecule has 3 nitrogen and oxygen atoms in total. The Morgan fingerprint density at radius 3 is 1.94 bits per heavy atom. The predicted octanol–water partition coefficient (Wildman–Crippen LogP) is 2.39. The highest BCUT2D eigenvalue weighted by atomic mass is 127. The van der Waals surface area contributed by atoms with Crippen molar-refractivity contribution in [3.8, 4) is 0 Å². The predicted molar refractivity (Wildman–Crippen MR) is 82.3 cm³/mol. The highest BCUT2D eigenvalue weighted by molar-refractivity contribution is 14.0. The molecule has 1 amide bonds. The van der Waals surface area contributed by atoms with Crippen molar-refractivity contribution in [1.82, 2.24) is 9.80 Å². The molecule has 0 aliphatic heterocycles.